The predicted molar refractivity (Wildman–Crippen MR) is 119 cm³/mol. The zero-order chi connectivity index (χ0) is 25.1. The van der Waals surface area contributed by atoms with E-state index in [0.717, 1.165) is 14.7 Å². The predicted octanol–water partition coefficient (Wildman–Crippen LogP) is 1.41. The second-order valence-corrected chi connectivity index (χ2v) is 7.65. The number of benzene rings is 1. The van der Waals surface area contributed by atoms with Gasteiger partial charge in [-0.05, 0) is 18.6 Å². The zero-order valence-electron chi connectivity index (χ0n) is 18.7. The van der Waals surface area contributed by atoms with Crippen molar-refractivity contribution < 1.29 is 44.3 Å². The van der Waals surface area contributed by atoms with E-state index in [-0.39, 0.29) is 57.2 Å². The molecule has 0 bridgehead atoms. The number of carboxylic acid groups (broad SMARTS) is 4. The summed E-state index contributed by atoms with van der Waals surface area (Å²) < 4.78 is 5.60. The summed E-state index contributed by atoms with van der Waals surface area (Å²) in [6, 6.07) is 6.28. The van der Waals surface area contributed by atoms with Crippen LogP contribution in [-0.2, 0) is 0 Å². The van der Waals surface area contributed by atoms with Gasteiger partial charge in [-0.15, -0.1) is 0 Å². The van der Waals surface area contributed by atoms with E-state index in [1.165, 1.54) is 6.07 Å². The fraction of sp³-hybridized carbons (Fsp3) is 0.524. The minimum atomic E-state index is -1.24. The zero-order valence-corrected chi connectivity index (χ0v) is 18.7. The van der Waals surface area contributed by atoms with Crippen molar-refractivity contribution in [3.05, 3.63) is 29.8 Å². The van der Waals surface area contributed by atoms with Gasteiger partial charge in [0.05, 0.1) is 6.61 Å². The van der Waals surface area contributed by atoms with Crippen LogP contribution in [-0.4, -0.2) is 130 Å². The number of carboxylic acids is 1. The summed E-state index contributed by atoms with van der Waals surface area (Å²) in [7, 11) is 0. The molecule has 0 radical (unpaired) electrons. The van der Waals surface area contributed by atoms with Gasteiger partial charge in [0.15, 0.2) is 0 Å². The third-order valence-corrected chi connectivity index (χ3v) is 5.46. The largest absolute Gasteiger partial charge is 0.493 e. The number of para-hydroxylation sites is 1. The lowest BCUT2D eigenvalue weighted by Gasteiger charge is -2.32. The molecule has 2 rings (SSSR count). The first-order valence-corrected chi connectivity index (χ1v) is 10.8. The summed E-state index contributed by atoms with van der Waals surface area (Å²) in [4.78, 5) is 51.1. The second-order valence-electron chi connectivity index (χ2n) is 7.65. The smallest absolute Gasteiger partial charge is 0.407 e. The van der Waals surface area contributed by atoms with Crippen molar-refractivity contribution in [2.45, 2.75) is 6.42 Å². The maximum absolute atomic E-state index is 11.6. The van der Waals surface area contributed by atoms with Gasteiger partial charge in [-0.1, -0.05) is 12.1 Å². The van der Waals surface area contributed by atoms with Crippen molar-refractivity contribution in [1.82, 2.24) is 19.6 Å². The van der Waals surface area contributed by atoms with Crippen LogP contribution in [0.5, 0.6) is 5.75 Å². The summed E-state index contributed by atoms with van der Waals surface area (Å²) in [5, 5.41) is 37.5. The van der Waals surface area contributed by atoms with Gasteiger partial charge >= 0.3 is 24.2 Å². The molecule has 1 saturated heterocycles. The topological polar surface area (TPSA) is 171 Å². The van der Waals surface area contributed by atoms with Crippen LogP contribution in [0.1, 0.15) is 16.8 Å². The molecular formula is C21H30N4O9. The Kier molecular flexibility index (Phi) is 10.2. The highest BCUT2D eigenvalue weighted by Gasteiger charge is 2.22. The third-order valence-electron chi connectivity index (χ3n) is 5.46. The standard InChI is InChI=1S/C21H30N4O9/c26-18(27)16-4-1-2-5-17(16)34-15-3-6-22-7-9-23(19(28)29)11-13-25(21(32)33)14-12-24(10-8-22)20(30)31/h1-2,4-5H,3,6-15H2,(H,26,27)(H,28,29)(H,30,31)(H,32,33). The number of hydrogen-bond donors (Lipinski definition) is 4. The maximum Gasteiger partial charge on any atom is 0.407 e. The molecule has 1 fully saturated rings. The van der Waals surface area contributed by atoms with E-state index >= 15 is 0 Å². The van der Waals surface area contributed by atoms with E-state index in [9.17, 15) is 39.6 Å². The average Bonchev–Trinajstić information content (AvgIpc) is 2.77. The average molecular weight is 482 g/mol. The Morgan fingerprint density at radius 1 is 0.706 bits per heavy atom. The minimum absolute atomic E-state index is 0.0301. The van der Waals surface area contributed by atoms with Crippen molar-refractivity contribution in [2.24, 2.45) is 0 Å². The lowest BCUT2D eigenvalue weighted by atomic mass is 10.2. The fourth-order valence-corrected chi connectivity index (χ4v) is 3.49. The van der Waals surface area contributed by atoms with Gasteiger partial charge in [-0.25, -0.2) is 19.2 Å². The summed E-state index contributed by atoms with van der Waals surface area (Å²) in [6.07, 6.45) is -3.06. The van der Waals surface area contributed by atoms with E-state index in [1.54, 1.807) is 18.2 Å². The second kappa shape index (κ2) is 13.1. The fourth-order valence-electron chi connectivity index (χ4n) is 3.49. The third kappa shape index (κ3) is 8.31. The summed E-state index contributed by atoms with van der Waals surface area (Å²) >= 11 is 0. The van der Waals surface area contributed by atoms with Crippen molar-refractivity contribution in [1.29, 1.82) is 0 Å². The molecule has 13 nitrogen and oxygen atoms in total. The van der Waals surface area contributed by atoms with E-state index in [2.05, 4.69) is 0 Å². The molecule has 0 unspecified atom stereocenters. The van der Waals surface area contributed by atoms with Crippen LogP contribution in [0.2, 0.25) is 0 Å². The highest BCUT2D eigenvalue weighted by Crippen LogP contribution is 2.18. The van der Waals surface area contributed by atoms with Crippen LogP contribution < -0.4 is 4.74 Å². The van der Waals surface area contributed by atoms with Crippen LogP contribution >= 0.6 is 0 Å². The van der Waals surface area contributed by atoms with Crippen LogP contribution in [0.25, 0.3) is 0 Å². The maximum atomic E-state index is 11.6. The quantitative estimate of drug-likeness (QED) is 0.434. The molecule has 188 valence electrons. The van der Waals surface area contributed by atoms with Crippen molar-refractivity contribution in [3.63, 3.8) is 0 Å². The Morgan fingerprint density at radius 2 is 1.15 bits per heavy atom. The molecule has 1 aliphatic rings. The highest BCUT2D eigenvalue weighted by molar-refractivity contribution is 5.90. The Hall–Kier alpha value is -3.74. The first-order valence-electron chi connectivity index (χ1n) is 10.8. The molecule has 1 aromatic carbocycles. The Morgan fingerprint density at radius 3 is 1.59 bits per heavy atom. The molecule has 13 heteroatoms. The van der Waals surface area contributed by atoms with Gasteiger partial charge in [0.2, 0.25) is 0 Å². The molecule has 0 atom stereocenters. The van der Waals surface area contributed by atoms with Crippen LogP contribution in [0.3, 0.4) is 0 Å². The summed E-state index contributed by atoms with van der Waals surface area (Å²) in [5.74, 6) is -0.844. The monoisotopic (exact) mass is 482 g/mol. The van der Waals surface area contributed by atoms with E-state index < -0.39 is 24.2 Å². The Bertz CT molecular complexity index is 836. The van der Waals surface area contributed by atoms with Crippen molar-refractivity contribution >= 4 is 24.2 Å². The van der Waals surface area contributed by atoms with Gasteiger partial charge < -0.3 is 39.9 Å². The van der Waals surface area contributed by atoms with Gasteiger partial charge in [0, 0.05) is 58.9 Å². The lowest BCUT2D eigenvalue weighted by Crippen LogP contribution is -2.49. The molecule has 1 heterocycles. The molecule has 0 aromatic heterocycles. The molecule has 4 N–H and O–H groups in total. The van der Waals surface area contributed by atoms with E-state index in [4.69, 9.17) is 4.74 Å². The number of nitrogens with zero attached hydrogens (tertiary/aromatic N) is 4. The van der Waals surface area contributed by atoms with Gasteiger partial charge in [0.1, 0.15) is 11.3 Å². The molecule has 34 heavy (non-hydrogen) atoms. The van der Waals surface area contributed by atoms with Crippen molar-refractivity contribution in [2.75, 3.05) is 65.5 Å². The molecule has 0 spiro atoms. The first kappa shape index (κ1) is 26.5. The molecular weight excluding hydrogens is 452 g/mol. The number of rotatable bonds is 6. The SMILES string of the molecule is O=C(O)c1ccccc1OCCCN1CCN(C(=O)O)CCN(C(=O)O)CCN(C(=O)O)CC1. The van der Waals surface area contributed by atoms with E-state index in [1.807, 2.05) is 4.90 Å². The van der Waals surface area contributed by atoms with Gasteiger partial charge in [-0.2, -0.15) is 0 Å². The number of carbonyl (C=O) groups is 4. The van der Waals surface area contributed by atoms with E-state index in [0.29, 0.717) is 26.1 Å². The molecule has 0 saturated carbocycles. The van der Waals surface area contributed by atoms with Gasteiger partial charge in [-0.3, -0.25) is 4.90 Å². The van der Waals surface area contributed by atoms with Crippen LogP contribution in [0.4, 0.5) is 14.4 Å². The van der Waals surface area contributed by atoms with Gasteiger partial charge in [0.25, 0.3) is 0 Å². The number of hydrogen-bond acceptors (Lipinski definition) is 6. The number of amides is 3. The lowest BCUT2D eigenvalue weighted by molar-refractivity contribution is 0.0691. The summed E-state index contributed by atoms with van der Waals surface area (Å²) in [6.45, 7) is 1.39. The molecule has 0 aliphatic carbocycles. The molecule has 1 aromatic rings. The highest BCUT2D eigenvalue weighted by atomic mass is 16.5. The number of aromatic carboxylic acids is 1. The molecule has 1 aliphatic heterocycles. The number of ether oxygens (including phenoxy) is 1. The Balaban J connectivity index is 2.00. The van der Waals surface area contributed by atoms with Crippen LogP contribution in [0.15, 0.2) is 24.3 Å². The van der Waals surface area contributed by atoms with Crippen molar-refractivity contribution in [3.8, 4) is 5.75 Å². The van der Waals surface area contributed by atoms with Crippen LogP contribution in [0, 0.1) is 0 Å². The normalized spacial score (nSPS) is 16.3. The minimum Gasteiger partial charge on any atom is -0.493 e. The Labute approximate surface area is 196 Å². The molecule has 3 amide bonds. The summed E-state index contributed by atoms with van der Waals surface area (Å²) in [5.41, 5.74) is 0.0541. The first-order chi connectivity index (χ1) is 16.2.